The maximum atomic E-state index is 12.3. The van der Waals surface area contributed by atoms with Crippen LogP contribution in [0.4, 0.5) is 0 Å². The zero-order chi connectivity index (χ0) is 13.3. The molecule has 0 radical (unpaired) electrons. The first-order chi connectivity index (χ1) is 8.56. The van der Waals surface area contributed by atoms with Crippen molar-refractivity contribution in [3.05, 3.63) is 39.4 Å². The van der Waals surface area contributed by atoms with Crippen LogP contribution in [0.15, 0.2) is 29.1 Å². The number of carbonyl (C=O) groups excluding carboxylic acids is 1. The highest BCUT2D eigenvalue weighted by atomic mass is 32.1. The molecule has 94 valence electrons. The van der Waals surface area contributed by atoms with Crippen LogP contribution < -0.4 is 10.9 Å². The fourth-order valence-corrected chi connectivity index (χ4v) is 2.20. The van der Waals surface area contributed by atoms with Crippen LogP contribution in [-0.4, -0.2) is 22.5 Å². The molecule has 2 aromatic rings. The molecule has 1 unspecified atom stereocenters. The quantitative estimate of drug-likeness (QED) is 0.804. The van der Waals surface area contributed by atoms with Crippen LogP contribution in [-0.2, 0) is 4.79 Å². The molecule has 2 N–H and O–H groups in total. The van der Waals surface area contributed by atoms with Crippen LogP contribution in [0.25, 0.3) is 10.9 Å². The molecule has 1 amide bonds. The van der Waals surface area contributed by atoms with Crippen LogP contribution in [0.2, 0.25) is 0 Å². The van der Waals surface area contributed by atoms with Gasteiger partial charge in [-0.15, -0.1) is 0 Å². The molecule has 0 aliphatic carbocycles. The molecule has 0 aliphatic rings. The first-order valence-electron chi connectivity index (χ1n) is 5.51. The van der Waals surface area contributed by atoms with Crippen LogP contribution in [0.1, 0.15) is 13.0 Å². The Kier molecular flexibility index (Phi) is 3.29. The number of rotatable bonds is 2. The zero-order valence-electron chi connectivity index (χ0n) is 10.1. The Morgan fingerprint density at radius 2 is 2.11 bits per heavy atom. The average molecular weight is 263 g/mol. The van der Waals surface area contributed by atoms with Gasteiger partial charge in [-0.25, -0.2) is 0 Å². The molecule has 1 heterocycles. The van der Waals surface area contributed by atoms with Gasteiger partial charge in [0.05, 0.1) is 10.9 Å². The third-order valence-electron chi connectivity index (χ3n) is 2.85. The van der Waals surface area contributed by atoms with E-state index >= 15 is 0 Å². The summed E-state index contributed by atoms with van der Waals surface area (Å²) in [6.07, 6.45) is 0. The van der Waals surface area contributed by atoms with Gasteiger partial charge in [0.1, 0.15) is 6.04 Å². The predicted molar refractivity (Wildman–Crippen MR) is 72.2 cm³/mol. The highest BCUT2D eigenvalue weighted by Gasteiger charge is 2.17. The molecule has 1 aromatic heterocycles. The second-order valence-corrected chi connectivity index (χ2v) is 4.33. The van der Waals surface area contributed by atoms with Crippen molar-refractivity contribution in [2.75, 3.05) is 7.05 Å². The molecule has 6 heteroatoms. The molecular weight excluding hydrogens is 250 g/mol. The second kappa shape index (κ2) is 4.73. The van der Waals surface area contributed by atoms with Gasteiger partial charge < -0.3 is 10.3 Å². The lowest BCUT2D eigenvalue weighted by atomic mass is 10.2. The second-order valence-electron chi connectivity index (χ2n) is 3.94. The largest absolute Gasteiger partial charge is 0.357 e. The minimum absolute atomic E-state index is 0.245. The first kappa shape index (κ1) is 12.5. The number of H-pyrrole nitrogens is 1. The zero-order valence-corrected chi connectivity index (χ0v) is 10.9. The van der Waals surface area contributed by atoms with E-state index in [1.54, 1.807) is 25.1 Å². The third kappa shape index (κ3) is 1.95. The molecule has 0 saturated carbocycles. The lowest BCUT2D eigenvalue weighted by molar-refractivity contribution is -0.123. The van der Waals surface area contributed by atoms with E-state index in [2.05, 4.69) is 10.3 Å². The van der Waals surface area contributed by atoms with Crippen molar-refractivity contribution in [3.8, 4) is 0 Å². The molecule has 0 spiro atoms. The maximum Gasteiger partial charge on any atom is 0.262 e. The summed E-state index contributed by atoms with van der Waals surface area (Å²) < 4.78 is 1.53. The van der Waals surface area contributed by atoms with E-state index in [-0.39, 0.29) is 16.2 Å². The van der Waals surface area contributed by atoms with Crippen molar-refractivity contribution < 1.29 is 4.79 Å². The van der Waals surface area contributed by atoms with E-state index in [1.165, 1.54) is 11.6 Å². The monoisotopic (exact) mass is 263 g/mol. The highest BCUT2D eigenvalue weighted by molar-refractivity contribution is 7.71. The molecule has 0 fully saturated rings. The summed E-state index contributed by atoms with van der Waals surface area (Å²) in [6, 6.07) is 6.43. The van der Waals surface area contributed by atoms with Crippen molar-refractivity contribution in [1.29, 1.82) is 0 Å². The molecule has 0 aliphatic heterocycles. The predicted octanol–water partition coefficient (Wildman–Crippen LogP) is 1.37. The number of carbonyl (C=O) groups is 1. The molecule has 1 aromatic carbocycles. The van der Waals surface area contributed by atoms with Gasteiger partial charge in [-0.3, -0.25) is 14.2 Å². The smallest absolute Gasteiger partial charge is 0.262 e. The Hall–Kier alpha value is -1.95. The lowest BCUT2D eigenvalue weighted by Gasteiger charge is -2.14. The number of benzene rings is 1. The highest BCUT2D eigenvalue weighted by Crippen LogP contribution is 2.09. The number of likely N-dealkylation sites (N-methyl/N-ethyl adjacent to an activating group) is 1. The summed E-state index contributed by atoms with van der Waals surface area (Å²) >= 11 is 5.14. The number of aromatic amines is 1. The van der Waals surface area contributed by atoms with E-state index in [4.69, 9.17) is 12.2 Å². The van der Waals surface area contributed by atoms with Crippen molar-refractivity contribution >= 4 is 29.0 Å². The van der Waals surface area contributed by atoms with Gasteiger partial charge in [0.25, 0.3) is 5.56 Å². The SMILES string of the molecule is CNC(=O)C(C)n1c(=S)[nH]c2ccccc2c1=O. The fourth-order valence-electron chi connectivity index (χ4n) is 1.85. The van der Waals surface area contributed by atoms with Gasteiger partial charge in [0, 0.05) is 7.05 Å². The first-order valence-corrected chi connectivity index (χ1v) is 5.92. The van der Waals surface area contributed by atoms with E-state index in [9.17, 15) is 9.59 Å². The molecular formula is C12H13N3O2S. The average Bonchev–Trinajstić information content (AvgIpc) is 2.37. The third-order valence-corrected chi connectivity index (χ3v) is 3.15. The summed E-state index contributed by atoms with van der Waals surface area (Å²) in [7, 11) is 1.53. The Labute approximate surface area is 108 Å². The molecule has 2 rings (SSSR count). The minimum atomic E-state index is -0.643. The van der Waals surface area contributed by atoms with Crippen LogP contribution >= 0.6 is 12.2 Å². The van der Waals surface area contributed by atoms with E-state index in [1.807, 2.05) is 6.07 Å². The Morgan fingerprint density at radius 1 is 1.44 bits per heavy atom. The molecule has 0 bridgehead atoms. The van der Waals surface area contributed by atoms with Crippen molar-refractivity contribution in [3.63, 3.8) is 0 Å². The Balaban J connectivity index is 2.76. The van der Waals surface area contributed by atoms with Gasteiger partial charge in [0.2, 0.25) is 5.91 Å². The molecule has 1 atom stereocenters. The summed E-state index contributed by atoms with van der Waals surface area (Å²) in [5, 5.41) is 3.02. The Bertz CT molecular complexity index is 717. The van der Waals surface area contributed by atoms with Gasteiger partial charge in [-0.1, -0.05) is 12.1 Å². The molecule has 18 heavy (non-hydrogen) atoms. The van der Waals surface area contributed by atoms with Crippen LogP contribution in [0.5, 0.6) is 0 Å². The van der Waals surface area contributed by atoms with E-state index in [0.717, 1.165) is 0 Å². The standard InChI is InChI=1S/C12H13N3O2S/c1-7(10(16)13-2)15-11(17)8-5-3-4-6-9(8)14-12(15)18/h3-7H,1-2H3,(H,13,16)(H,14,18). The maximum absolute atomic E-state index is 12.3. The number of hydrogen-bond acceptors (Lipinski definition) is 3. The van der Waals surface area contributed by atoms with Gasteiger partial charge in [-0.05, 0) is 31.3 Å². The molecule has 0 saturated heterocycles. The number of amides is 1. The van der Waals surface area contributed by atoms with Gasteiger partial charge in [-0.2, -0.15) is 0 Å². The number of nitrogens with one attached hydrogen (secondary N) is 2. The number of hydrogen-bond donors (Lipinski definition) is 2. The lowest BCUT2D eigenvalue weighted by Crippen LogP contribution is -2.34. The number of fused-ring (bicyclic) bond motifs is 1. The van der Waals surface area contributed by atoms with Gasteiger partial charge >= 0.3 is 0 Å². The normalized spacial score (nSPS) is 12.3. The van der Waals surface area contributed by atoms with Crippen LogP contribution in [0.3, 0.4) is 0 Å². The topological polar surface area (TPSA) is 66.9 Å². The fraction of sp³-hybridized carbons (Fsp3) is 0.250. The van der Waals surface area contributed by atoms with Crippen molar-refractivity contribution in [2.45, 2.75) is 13.0 Å². The summed E-state index contributed by atoms with van der Waals surface area (Å²) in [6.45, 7) is 1.64. The van der Waals surface area contributed by atoms with Crippen LogP contribution in [0, 0.1) is 4.77 Å². The van der Waals surface area contributed by atoms with E-state index in [0.29, 0.717) is 10.9 Å². The number of para-hydroxylation sites is 1. The summed E-state index contributed by atoms with van der Waals surface area (Å²) in [4.78, 5) is 26.9. The van der Waals surface area contributed by atoms with Gasteiger partial charge in [0.15, 0.2) is 4.77 Å². The Morgan fingerprint density at radius 3 is 2.78 bits per heavy atom. The summed E-state index contributed by atoms with van der Waals surface area (Å²) in [5.41, 5.74) is 0.415. The summed E-state index contributed by atoms with van der Waals surface area (Å²) in [5.74, 6) is -0.258. The number of nitrogens with zero attached hydrogens (tertiary/aromatic N) is 1. The minimum Gasteiger partial charge on any atom is -0.357 e. The van der Waals surface area contributed by atoms with Crippen molar-refractivity contribution in [1.82, 2.24) is 14.9 Å². The van der Waals surface area contributed by atoms with E-state index < -0.39 is 6.04 Å². The van der Waals surface area contributed by atoms with Crippen molar-refractivity contribution in [2.24, 2.45) is 0 Å². The number of aromatic nitrogens is 2. The molecule has 5 nitrogen and oxygen atoms in total.